The minimum absolute atomic E-state index is 0.134. The van der Waals surface area contributed by atoms with Crippen molar-refractivity contribution >= 4 is 17.1 Å². The van der Waals surface area contributed by atoms with Crippen LogP contribution in [0.2, 0.25) is 0 Å². The Morgan fingerprint density at radius 3 is 1.25 bits per heavy atom. The molecule has 15 rings (SSSR count). The molecule has 0 heterocycles. The Labute approximate surface area is 422 Å². The van der Waals surface area contributed by atoms with Gasteiger partial charge in [0.05, 0.1) is 16.5 Å². The second kappa shape index (κ2) is 15.1. The van der Waals surface area contributed by atoms with Crippen molar-refractivity contribution in [1.29, 1.82) is 0 Å². The summed E-state index contributed by atoms with van der Waals surface area (Å²) in [6, 6.07) is 98.5. The van der Waals surface area contributed by atoms with Crippen LogP contribution in [0.15, 0.2) is 261 Å². The van der Waals surface area contributed by atoms with Gasteiger partial charge in [-0.2, -0.15) is 0 Å². The first-order valence-electron chi connectivity index (χ1n) is 25.4. The van der Waals surface area contributed by atoms with Crippen LogP contribution in [0, 0.1) is 0 Å². The van der Waals surface area contributed by atoms with Gasteiger partial charge in [-0.05, 0) is 136 Å². The minimum atomic E-state index is -0.558. The van der Waals surface area contributed by atoms with Gasteiger partial charge < -0.3 is 4.90 Å². The molecule has 4 aliphatic carbocycles. The van der Waals surface area contributed by atoms with Gasteiger partial charge in [0.15, 0.2) is 0 Å². The van der Waals surface area contributed by atoms with Crippen LogP contribution in [0.1, 0.15) is 69.5 Å². The van der Waals surface area contributed by atoms with E-state index in [0.29, 0.717) is 0 Å². The van der Waals surface area contributed by atoms with Crippen molar-refractivity contribution in [2.24, 2.45) is 0 Å². The summed E-state index contributed by atoms with van der Waals surface area (Å²) in [4.78, 5) is 2.56. The van der Waals surface area contributed by atoms with Gasteiger partial charge in [-0.15, -0.1) is 0 Å². The predicted molar refractivity (Wildman–Crippen MR) is 298 cm³/mol. The molecule has 0 unspecified atom stereocenters. The lowest BCUT2D eigenvalue weighted by molar-refractivity contribution is 0.660. The number of anilines is 3. The summed E-state index contributed by atoms with van der Waals surface area (Å²) in [7, 11) is 0. The summed E-state index contributed by atoms with van der Waals surface area (Å²) >= 11 is 0. The normalized spacial score (nSPS) is 14.9. The van der Waals surface area contributed by atoms with E-state index < -0.39 is 10.8 Å². The third kappa shape index (κ3) is 5.27. The van der Waals surface area contributed by atoms with E-state index >= 15 is 0 Å². The molecule has 1 nitrogen and oxygen atoms in total. The van der Waals surface area contributed by atoms with E-state index in [2.05, 4.69) is 280 Å². The van der Waals surface area contributed by atoms with Crippen LogP contribution in [0.4, 0.5) is 17.1 Å². The van der Waals surface area contributed by atoms with Crippen LogP contribution < -0.4 is 4.90 Å². The Morgan fingerprint density at radius 2 is 0.653 bits per heavy atom. The molecule has 0 aromatic heterocycles. The molecule has 4 aliphatic rings. The highest BCUT2D eigenvalue weighted by atomic mass is 15.1. The van der Waals surface area contributed by atoms with Gasteiger partial charge in [0.25, 0.3) is 0 Å². The van der Waals surface area contributed by atoms with E-state index in [4.69, 9.17) is 0 Å². The molecule has 0 saturated heterocycles. The summed E-state index contributed by atoms with van der Waals surface area (Å²) in [5.74, 6) is 0. The van der Waals surface area contributed by atoms with Gasteiger partial charge in [-0.3, -0.25) is 0 Å². The molecule has 1 heteroatoms. The molecular formula is C71H49N. The fourth-order valence-corrected chi connectivity index (χ4v) is 14.1. The number of benzene rings is 11. The predicted octanol–water partition coefficient (Wildman–Crippen LogP) is 17.8. The van der Waals surface area contributed by atoms with Crippen molar-refractivity contribution in [2.45, 2.75) is 30.1 Å². The van der Waals surface area contributed by atoms with Gasteiger partial charge >= 0.3 is 0 Å². The van der Waals surface area contributed by atoms with E-state index in [0.717, 1.165) is 17.1 Å². The number of hydrogen-bond acceptors (Lipinski definition) is 1. The topological polar surface area (TPSA) is 3.24 Å². The van der Waals surface area contributed by atoms with Gasteiger partial charge in [0.2, 0.25) is 0 Å². The Morgan fingerprint density at radius 1 is 0.250 bits per heavy atom. The molecule has 11 aromatic rings. The van der Waals surface area contributed by atoms with Crippen molar-refractivity contribution < 1.29 is 0 Å². The van der Waals surface area contributed by atoms with Crippen LogP contribution in [-0.2, 0) is 16.2 Å². The maximum absolute atomic E-state index is 2.56. The molecular weight excluding hydrogens is 867 g/mol. The van der Waals surface area contributed by atoms with Crippen molar-refractivity contribution in [2.75, 3.05) is 4.90 Å². The fraction of sp³-hybridized carbons (Fsp3) is 0.0704. The van der Waals surface area contributed by atoms with E-state index in [-0.39, 0.29) is 5.41 Å². The lowest BCUT2D eigenvalue weighted by atomic mass is 9.67. The molecule has 0 aliphatic heterocycles. The van der Waals surface area contributed by atoms with E-state index in [1.165, 1.54) is 111 Å². The summed E-state index contributed by atoms with van der Waals surface area (Å²) in [6.45, 7) is 4.76. The number of rotatable bonds is 6. The smallest absolute Gasteiger partial charge is 0.0725 e. The second-order valence-corrected chi connectivity index (χ2v) is 20.6. The van der Waals surface area contributed by atoms with Crippen LogP contribution in [-0.4, -0.2) is 0 Å². The van der Waals surface area contributed by atoms with Crippen molar-refractivity contribution in [3.05, 3.63) is 316 Å². The molecule has 1 spiro atoms. The zero-order valence-electron chi connectivity index (χ0n) is 40.3. The van der Waals surface area contributed by atoms with Crippen molar-refractivity contribution in [1.82, 2.24) is 0 Å². The zero-order chi connectivity index (χ0) is 47.8. The van der Waals surface area contributed by atoms with E-state index in [1.807, 2.05) is 0 Å². The minimum Gasteiger partial charge on any atom is -0.310 e. The first kappa shape index (κ1) is 41.0. The molecule has 0 radical (unpaired) electrons. The quantitative estimate of drug-likeness (QED) is 0.161. The summed E-state index contributed by atoms with van der Waals surface area (Å²) in [6.07, 6.45) is 0. The zero-order valence-corrected chi connectivity index (χ0v) is 40.3. The highest BCUT2D eigenvalue weighted by Crippen LogP contribution is 2.64. The molecule has 338 valence electrons. The average Bonchev–Trinajstić information content (AvgIpc) is 4.10. The summed E-state index contributed by atoms with van der Waals surface area (Å²) < 4.78 is 0. The Hall–Kier alpha value is -8.78. The van der Waals surface area contributed by atoms with Gasteiger partial charge in [-0.25, -0.2) is 0 Å². The molecule has 0 N–H and O–H groups in total. The molecule has 0 saturated carbocycles. The Balaban J connectivity index is 1.02. The summed E-state index contributed by atoms with van der Waals surface area (Å²) in [5, 5.41) is 0. The molecule has 0 bridgehead atoms. The largest absolute Gasteiger partial charge is 0.310 e. The molecule has 11 aromatic carbocycles. The lowest BCUT2D eigenvalue weighted by Gasteiger charge is -2.35. The van der Waals surface area contributed by atoms with Crippen LogP contribution in [0.25, 0.3) is 55.6 Å². The van der Waals surface area contributed by atoms with Gasteiger partial charge in [-0.1, -0.05) is 244 Å². The van der Waals surface area contributed by atoms with Crippen molar-refractivity contribution in [3.63, 3.8) is 0 Å². The van der Waals surface area contributed by atoms with Crippen LogP contribution >= 0.6 is 0 Å². The highest BCUT2D eigenvalue weighted by Gasteiger charge is 2.52. The molecule has 0 fully saturated rings. The molecule has 0 atom stereocenters. The van der Waals surface area contributed by atoms with Crippen molar-refractivity contribution in [3.8, 4) is 55.6 Å². The lowest BCUT2D eigenvalue weighted by Crippen LogP contribution is -2.28. The third-order valence-electron chi connectivity index (χ3n) is 17.0. The maximum atomic E-state index is 2.56. The number of para-hydroxylation sites is 1. The first-order chi connectivity index (χ1) is 35.5. The Kier molecular flexibility index (Phi) is 8.62. The number of nitrogens with zero attached hydrogens (tertiary/aromatic N) is 1. The fourth-order valence-electron chi connectivity index (χ4n) is 14.1. The first-order valence-corrected chi connectivity index (χ1v) is 25.4. The van der Waals surface area contributed by atoms with Gasteiger partial charge in [0, 0.05) is 22.4 Å². The molecule has 72 heavy (non-hydrogen) atoms. The monoisotopic (exact) mass is 915 g/mol. The standard InChI is InChI=1S/C71H49N/c1-69(2)59-33-15-13-31-57(59)68-56(32-21-38-65(68)69)55-30-14-20-39-67(55)72(49-40-42-54-52-28-9-16-34-60(52)70(66(54)45-49,46-22-5-3-6-23-46)47-24-7-4-8-25-47)48-41-43-64-58(44-48)53-29-12-19-37-63(53)71(64)61-35-17-10-26-50(61)51-27-11-18-36-62(51)71/h3-45H,1-2H3. The van der Waals surface area contributed by atoms with Gasteiger partial charge in [0.1, 0.15) is 0 Å². The average molecular weight is 916 g/mol. The second-order valence-electron chi connectivity index (χ2n) is 20.6. The molecule has 0 amide bonds. The number of fused-ring (bicyclic) bond motifs is 16. The highest BCUT2D eigenvalue weighted by molar-refractivity contribution is 6.01. The third-order valence-corrected chi connectivity index (χ3v) is 17.0. The van der Waals surface area contributed by atoms with E-state index in [1.54, 1.807) is 0 Å². The number of hydrogen-bond donors (Lipinski definition) is 0. The maximum Gasteiger partial charge on any atom is 0.0725 e. The Bertz CT molecular complexity index is 3940. The summed E-state index contributed by atoms with van der Waals surface area (Å²) in [5.41, 5.74) is 28.2. The SMILES string of the molecule is CC1(C)c2ccccc2-c2c(-c3ccccc3N(c3ccc4c(c3)-c3ccccc3C43c4ccccc4-c4ccccc43)c3ccc4c(c3)C(c3ccccc3)(c3ccccc3)c3ccccc3-4)cccc21. The van der Waals surface area contributed by atoms with E-state index in [9.17, 15) is 0 Å². The van der Waals surface area contributed by atoms with Crippen LogP contribution in [0.5, 0.6) is 0 Å². The van der Waals surface area contributed by atoms with Crippen LogP contribution in [0.3, 0.4) is 0 Å².